The van der Waals surface area contributed by atoms with E-state index < -0.39 is 7.92 Å². The van der Waals surface area contributed by atoms with Crippen molar-refractivity contribution < 1.29 is 0 Å². The van der Waals surface area contributed by atoms with Gasteiger partial charge in [-0.05, 0) is 48.5 Å². The van der Waals surface area contributed by atoms with Gasteiger partial charge in [0, 0.05) is 0 Å². The lowest BCUT2D eigenvalue weighted by atomic mass is 10.1. The van der Waals surface area contributed by atoms with Crippen LogP contribution in [-0.4, -0.2) is 20.7 Å². The number of rotatable bonds is 7. The highest BCUT2D eigenvalue weighted by atomic mass is 32.2. The summed E-state index contributed by atoms with van der Waals surface area (Å²) in [7, 11) is -0.568. The Morgan fingerprint density at radius 1 is 1.04 bits per heavy atom. The molecule has 0 unspecified atom stereocenters. The smallest absolute Gasteiger partial charge is 0.115 e. The van der Waals surface area contributed by atoms with E-state index >= 15 is 0 Å². The molecule has 1 aromatic heterocycles. The van der Waals surface area contributed by atoms with Crippen molar-refractivity contribution in [1.29, 1.82) is 0 Å². The molecule has 0 aliphatic heterocycles. The van der Waals surface area contributed by atoms with E-state index in [9.17, 15) is 0 Å². The van der Waals surface area contributed by atoms with Crippen molar-refractivity contribution in [3.8, 4) is 0 Å². The van der Waals surface area contributed by atoms with E-state index in [0.29, 0.717) is 0 Å². The van der Waals surface area contributed by atoms with Crippen LogP contribution in [-0.2, 0) is 0 Å². The van der Waals surface area contributed by atoms with Gasteiger partial charge in [-0.2, -0.15) is 0 Å². The van der Waals surface area contributed by atoms with Gasteiger partial charge in [-0.15, -0.1) is 16.9 Å². The molecule has 28 heavy (non-hydrogen) atoms. The van der Waals surface area contributed by atoms with Gasteiger partial charge >= 0.3 is 0 Å². The number of aromatic nitrogens is 3. The largest absolute Gasteiger partial charge is 0.232 e. The molecule has 0 radical (unpaired) electrons. The zero-order chi connectivity index (χ0) is 19.3. The third kappa shape index (κ3) is 3.85. The number of hydrogen-bond donors (Lipinski definition) is 0. The number of allylic oxidation sites excluding steroid dienone is 4. The Morgan fingerprint density at radius 2 is 1.68 bits per heavy atom. The molecule has 2 aromatic carbocycles. The fourth-order valence-corrected chi connectivity index (χ4v) is 7.03. The van der Waals surface area contributed by atoms with E-state index in [1.165, 1.54) is 21.5 Å². The van der Waals surface area contributed by atoms with Crippen LogP contribution in [0, 0.1) is 0 Å². The van der Waals surface area contributed by atoms with Gasteiger partial charge < -0.3 is 0 Å². The van der Waals surface area contributed by atoms with Gasteiger partial charge in [-0.1, -0.05) is 85.0 Å². The summed E-state index contributed by atoms with van der Waals surface area (Å²) < 4.78 is 2.07. The molecular weight excluding hydrogens is 381 g/mol. The second kappa shape index (κ2) is 8.89. The van der Waals surface area contributed by atoms with Gasteiger partial charge in [-0.25, -0.2) is 4.68 Å². The molecule has 1 atom stereocenters. The second-order valence-corrected chi connectivity index (χ2v) is 10.2. The Bertz CT molecular complexity index is 940. The summed E-state index contributed by atoms with van der Waals surface area (Å²) >= 11 is 1.79. The maximum atomic E-state index is 4.40. The molecule has 5 heteroatoms. The van der Waals surface area contributed by atoms with Crippen molar-refractivity contribution in [2.45, 2.75) is 31.3 Å². The van der Waals surface area contributed by atoms with E-state index in [1.54, 1.807) is 11.8 Å². The zero-order valence-corrected chi connectivity index (χ0v) is 17.9. The van der Waals surface area contributed by atoms with Crippen molar-refractivity contribution in [3.63, 3.8) is 0 Å². The Kier molecular flexibility index (Phi) is 6.09. The Balaban J connectivity index is 1.80. The molecule has 0 fully saturated rings. The molecule has 142 valence electrons. The Labute approximate surface area is 172 Å². The van der Waals surface area contributed by atoms with Crippen molar-refractivity contribution in [1.82, 2.24) is 15.0 Å². The van der Waals surface area contributed by atoms with E-state index in [2.05, 4.69) is 102 Å². The molecule has 0 spiro atoms. The first-order valence-corrected chi connectivity index (χ1v) is 11.9. The van der Waals surface area contributed by atoms with Crippen molar-refractivity contribution >= 4 is 30.3 Å². The van der Waals surface area contributed by atoms with E-state index in [4.69, 9.17) is 0 Å². The first kappa shape index (κ1) is 19.2. The highest BCUT2D eigenvalue weighted by Gasteiger charge is 2.27. The topological polar surface area (TPSA) is 30.7 Å². The zero-order valence-electron chi connectivity index (χ0n) is 16.2. The van der Waals surface area contributed by atoms with Crippen molar-refractivity contribution in [2.24, 2.45) is 0 Å². The molecule has 0 N–H and O–H groups in total. The van der Waals surface area contributed by atoms with Crippen LogP contribution in [0.3, 0.4) is 0 Å². The lowest BCUT2D eigenvalue weighted by Crippen LogP contribution is -2.16. The predicted octanol–water partition coefficient (Wildman–Crippen LogP) is 5.30. The summed E-state index contributed by atoms with van der Waals surface area (Å²) in [4.78, 5) is 0. The van der Waals surface area contributed by atoms with Crippen LogP contribution in [0.15, 0.2) is 94.9 Å². The molecule has 1 aliphatic carbocycles. The molecule has 0 saturated carbocycles. The number of nitrogens with zero attached hydrogens (tertiary/aromatic N) is 3. The quantitative estimate of drug-likeness (QED) is 0.395. The average Bonchev–Trinajstić information content (AvgIpc) is 3.40. The minimum absolute atomic E-state index is 0.169. The monoisotopic (exact) mass is 405 g/mol. The summed E-state index contributed by atoms with van der Waals surface area (Å²) in [5.74, 6) is 1.02. The molecule has 0 bridgehead atoms. The SMILES string of the molecule is CCSc1cnnn1[C@H](C)C1=C(P(c2ccccc2)c2ccccc2)CC=C1. The summed E-state index contributed by atoms with van der Waals surface area (Å²) in [5.41, 5.74) is 1.38. The summed E-state index contributed by atoms with van der Waals surface area (Å²) in [5, 5.41) is 14.0. The molecule has 1 aliphatic rings. The molecule has 0 amide bonds. The maximum absolute atomic E-state index is 4.40. The van der Waals surface area contributed by atoms with Crippen LogP contribution >= 0.6 is 19.7 Å². The third-order valence-electron chi connectivity index (χ3n) is 4.89. The summed E-state index contributed by atoms with van der Waals surface area (Å²) in [6, 6.07) is 22.0. The molecule has 3 nitrogen and oxygen atoms in total. The molecule has 3 aromatic rings. The average molecular weight is 406 g/mol. The maximum Gasteiger partial charge on any atom is 0.115 e. The number of thioether (sulfide) groups is 1. The fourth-order valence-electron chi connectivity index (χ4n) is 3.61. The van der Waals surface area contributed by atoms with Gasteiger partial charge in [-0.3, -0.25) is 0 Å². The van der Waals surface area contributed by atoms with Gasteiger partial charge in [0.05, 0.1) is 12.2 Å². The molecule has 1 heterocycles. The minimum atomic E-state index is -0.568. The van der Waals surface area contributed by atoms with Crippen molar-refractivity contribution in [3.05, 3.63) is 89.9 Å². The van der Waals surface area contributed by atoms with Crippen LogP contribution in [0.2, 0.25) is 0 Å². The predicted molar refractivity (Wildman–Crippen MR) is 121 cm³/mol. The van der Waals surface area contributed by atoms with E-state index in [-0.39, 0.29) is 6.04 Å². The van der Waals surface area contributed by atoms with Crippen LogP contribution in [0.1, 0.15) is 26.3 Å². The number of benzene rings is 2. The van der Waals surface area contributed by atoms with Crippen LogP contribution in [0.25, 0.3) is 0 Å². The summed E-state index contributed by atoms with van der Waals surface area (Å²) in [6.07, 6.45) is 7.47. The van der Waals surface area contributed by atoms with Crippen LogP contribution in [0.4, 0.5) is 0 Å². The highest BCUT2D eigenvalue weighted by Crippen LogP contribution is 2.50. The molecular formula is C23H24N3PS. The number of hydrogen-bond acceptors (Lipinski definition) is 3. The van der Waals surface area contributed by atoms with Gasteiger partial charge in [0.2, 0.25) is 0 Å². The van der Waals surface area contributed by atoms with Crippen LogP contribution in [0.5, 0.6) is 0 Å². The Hall–Kier alpha value is -2.16. The summed E-state index contributed by atoms with van der Waals surface area (Å²) in [6.45, 7) is 4.40. The van der Waals surface area contributed by atoms with E-state index in [1.807, 2.05) is 6.20 Å². The van der Waals surface area contributed by atoms with Gasteiger partial charge in [0.1, 0.15) is 5.03 Å². The van der Waals surface area contributed by atoms with Crippen molar-refractivity contribution in [2.75, 3.05) is 5.75 Å². The first-order valence-electron chi connectivity index (χ1n) is 9.62. The van der Waals surface area contributed by atoms with E-state index in [0.717, 1.165) is 17.2 Å². The first-order chi connectivity index (χ1) is 13.8. The normalized spacial score (nSPS) is 14.8. The lowest BCUT2D eigenvalue weighted by molar-refractivity contribution is 0.505. The Morgan fingerprint density at radius 3 is 2.29 bits per heavy atom. The lowest BCUT2D eigenvalue weighted by Gasteiger charge is -2.24. The minimum Gasteiger partial charge on any atom is -0.232 e. The van der Waals surface area contributed by atoms with Gasteiger partial charge in [0.25, 0.3) is 0 Å². The second-order valence-electron chi connectivity index (χ2n) is 6.64. The van der Waals surface area contributed by atoms with Crippen LogP contribution < -0.4 is 10.6 Å². The fraction of sp³-hybridized carbons (Fsp3) is 0.217. The molecule has 4 rings (SSSR count). The third-order valence-corrected chi connectivity index (χ3v) is 8.38. The standard InChI is InChI=1S/C23H24N3PS/c1-3-28-23-17-24-25-26(23)18(2)21-15-10-16-22(21)27(19-11-6-4-7-12-19)20-13-8-5-9-14-20/h4-15,17-18H,3,16H2,1-2H3/t18-/m1/s1. The van der Waals surface area contributed by atoms with Gasteiger partial charge in [0.15, 0.2) is 0 Å². The molecule has 0 saturated heterocycles. The highest BCUT2D eigenvalue weighted by molar-refractivity contribution is 7.99.